The van der Waals surface area contributed by atoms with E-state index in [2.05, 4.69) is 35.7 Å². The minimum atomic E-state index is -4.06. The topological polar surface area (TPSA) is 78.5 Å². The highest BCUT2D eigenvalue weighted by atomic mass is 32.2. The number of halogens is 1. The molecule has 0 radical (unpaired) electrons. The van der Waals surface area contributed by atoms with Crippen LogP contribution in [0.25, 0.3) is 0 Å². The van der Waals surface area contributed by atoms with Gasteiger partial charge in [-0.3, -0.25) is 14.4 Å². The number of hydrogen-bond acceptors (Lipinski definition) is 4. The Kier molecular flexibility index (Phi) is 8.06. The molecule has 0 aromatic heterocycles. The number of hydrogen-bond donors (Lipinski definition) is 2. The molecule has 0 bridgehead atoms. The summed E-state index contributed by atoms with van der Waals surface area (Å²) in [5.41, 5.74) is 2.22. The first-order valence-corrected chi connectivity index (χ1v) is 12.6. The second kappa shape index (κ2) is 10.8. The molecule has 3 aromatic rings. The molecule has 0 aliphatic carbocycles. The van der Waals surface area contributed by atoms with E-state index in [1.54, 1.807) is 31.2 Å². The van der Waals surface area contributed by atoms with E-state index >= 15 is 0 Å². The van der Waals surface area contributed by atoms with Crippen LogP contribution in [0.3, 0.4) is 0 Å². The largest absolute Gasteiger partial charge is 0.322 e. The molecule has 3 rings (SSSR count). The molecule has 0 saturated carbocycles. The summed E-state index contributed by atoms with van der Waals surface area (Å²) in [4.78, 5) is 15.0. The maximum Gasteiger partial charge on any atom is 0.262 e. The molecule has 1 amide bonds. The summed E-state index contributed by atoms with van der Waals surface area (Å²) in [6, 6.07) is 17.9. The van der Waals surface area contributed by atoms with E-state index in [1.807, 2.05) is 12.1 Å². The van der Waals surface area contributed by atoms with Gasteiger partial charge in [-0.15, -0.1) is 0 Å². The highest BCUT2D eigenvalue weighted by Crippen LogP contribution is 2.24. The van der Waals surface area contributed by atoms with Gasteiger partial charge in [-0.05, 0) is 74.8 Å². The van der Waals surface area contributed by atoms with Crippen LogP contribution in [0.4, 0.5) is 15.8 Å². The second-order valence-corrected chi connectivity index (χ2v) is 10.0. The van der Waals surface area contributed by atoms with Crippen LogP contribution in [0, 0.1) is 12.7 Å². The van der Waals surface area contributed by atoms with Gasteiger partial charge in [0.2, 0.25) is 0 Å². The van der Waals surface area contributed by atoms with Crippen LogP contribution in [0.1, 0.15) is 42.3 Å². The number of anilines is 2. The quantitative estimate of drug-likeness (QED) is 0.426. The number of aryl methyl sites for hydroxylation is 1. The van der Waals surface area contributed by atoms with Crippen molar-refractivity contribution in [2.75, 3.05) is 16.6 Å². The molecule has 6 nitrogen and oxygen atoms in total. The predicted octanol–water partition coefficient (Wildman–Crippen LogP) is 5.42. The average Bonchev–Trinajstić information content (AvgIpc) is 2.80. The molecule has 180 valence electrons. The number of nitrogens with zero attached hydrogens (tertiary/aromatic N) is 1. The van der Waals surface area contributed by atoms with Gasteiger partial charge in [-0.25, -0.2) is 12.8 Å². The normalized spacial score (nSPS) is 11.6. The zero-order chi connectivity index (χ0) is 24.9. The lowest BCUT2D eigenvalue weighted by Crippen LogP contribution is -2.29. The van der Waals surface area contributed by atoms with Gasteiger partial charge in [0.05, 0.1) is 10.6 Å². The van der Waals surface area contributed by atoms with Crippen LogP contribution in [-0.4, -0.2) is 31.8 Å². The first-order chi connectivity index (χ1) is 16.1. The number of carbonyl (C=O) groups excluding carboxylic acids is 1. The number of carbonyl (C=O) groups is 1. The van der Waals surface area contributed by atoms with E-state index < -0.39 is 15.8 Å². The van der Waals surface area contributed by atoms with Gasteiger partial charge >= 0.3 is 0 Å². The lowest BCUT2D eigenvalue weighted by Gasteiger charge is -2.24. The van der Waals surface area contributed by atoms with E-state index in [-0.39, 0.29) is 16.5 Å². The minimum absolute atomic E-state index is 0.0442. The molecule has 0 fully saturated rings. The molecule has 0 aliphatic rings. The molecule has 0 atom stereocenters. The van der Waals surface area contributed by atoms with Crippen LogP contribution in [0.15, 0.2) is 71.6 Å². The Morgan fingerprint density at radius 1 is 1.03 bits per heavy atom. The third kappa shape index (κ3) is 6.21. The average molecular weight is 484 g/mol. The Labute approximate surface area is 200 Å². The third-order valence-electron chi connectivity index (χ3n) is 5.59. The standard InChI is InChI=1S/C26H30FN3O3S/c1-5-30(18(2)3)17-20-11-13-21(14-12-20)26(31)28-22-15-10-19(4)25(16-22)34(32,33)29-24-9-7-6-8-23(24)27/h6-16,18,29H,5,17H2,1-4H3,(H,28,31). The summed E-state index contributed by atoms with van der Waals surface area (Å²) in [6.45, 7) is 9.77. The smallest absolute Gasteiger partial charge is 0.262 e. The number of sulfonamides is 1. The van der Waals surface area contributed by atoms with E-state index in [1.165, 1.54) is 30.3 Å². The second-order valence-electron chi connectivity index (χ2n) is 8.37. The summed E-state index contributed by atoms with van der Waals surface area (Å²) in [5.74, 6) is -1.02. The van der Waals surface area contributed by atoms with Crippen molar-refractivity contribution in [3.8, 4) is 0 Å². The van der Waals surface area contributed by atoms with Crippen molar-refractivity contribution in [3.05, 3.63) is 89.2 Å². The van der Waals surface area contributed by atoms with Crippen molar-refractivity contribution >= 4 is 27.3 Å². The monoisotopic (exact) mass is 483 g/mol. The SMILES string of the molecule is CCN(Cc1ccc(C(=O)Nc2ccc(C)c(S(=O)(=O)Nc3ccccc3F)c2)cc1)C(C)C. The molecule has 0 unspecified atom stereocenters. The van der Waals surface area contributed by atoms with E-state index in [0.717, 1.165) is 18.7 Å². The molecule has 0 aliphatic heterocycles. The van der Waals surface area contributed by atoms with Crippen LogP contribution in [-0.2, 0) is 16.6 Å². The number of rotatable bonds is 9. The summed E-state index contributed by atoms with van der Waals surface area (Å²) < 4.78 is 42.0. The van der Waals surface area contributed by atoms with Crippen molar-refractivity contribution in [1.82, 2.24) is 4.90 Å². The molecule has 2 N–H and O–H groups in total. The molecule has 34 heavy (non-hydrogen) atoms. The van der Waals surface area contributed by atoms with Crippen molar-refractivity contribution in [1.29, 1.82) is 0 Å². The van der Waals surface area contributed by atoms with Gasteiger partial charge in [-0.1, -0.05) is 37.3 Å². The Morgan fingerprint density at radius 2 is 1.71 bits per heavy atom. The van der Waals surface area contributed by atoms with Crippen molar-refractivity contribution < 1.29 is 17.6 Å². The molecule has 8 heteroatoms. The van der Waals surface area contributed by atoms with Crippen molar-refractivity contribution in [2.24, 2.45) is 0 Å². The van der Waals surface area contributed by atoms with E-state index in [0.29, 0.717) is 22.9 Å². The van der Waals surface area contributed by atoms with Crippen LogP contribution >= 0.6 is 0 Å². The number of amides is 1. The predicted molar refractivity (Wildman–Crippen MR) is 134 cm³/mol. The van der Waals surface area contributed by atoms with Crippen LogP contribution < -0.4 is 10.0 Å². The molecule has 3 aromatic carbocycles. The lowest BCUT2D eigenvalue weighted by molar-refractivity contribution is 0.102. The van der Waals surface area contributed by atoms with Gasteiger partial charge in [-0.2, -0.15) is 0 Å². The molecule has 0 heterocycles. The summed E-state index contributed by atoms with van der Waals surface area (Å²) in [5, 5.41) is 2.75. The summed E-state index contributed by atoms with van der Waals surface area (Å²) in [6.07, 6.45) is 0. The lowest BCUT2D eigenvalue weighted by atomic mass is 10.1. The van der Waals surface area contributed by atoms with Gasteiger partial charge in [0.15, 0.2) is 0 Å². The summed E-state index contributed by atoms with van der Waals surface area (Å²) in [7, 11) is -4.06. The maximum absolute atomic E-state index is 13.9. The Balaban J connectivity index is 1.76. The molecule has 0 saturated heterocycles. The number of para-hydroxylation sites is 1. The van der Waals surface area contributed by atoms with Gasteiger partial charge < -0.3 is 5.32 Å². The number of benzene rings is 3. The van der Waals surface area contributed by atoms with Crippen LogP contribution in [0.5, 0.6) is 0 Å². The maximum atomic E-state index is 13.9. The number of nitrogens with one attached hydrogen (secondary N) is 2. The zero-order valence-corrected chi connectivity index (χ0v) is 20.6. The van der Waals surface area contributed by atoms with Gasteiger partial charge in [0.25, 0.3) is 15.9 Å². The Bertz CT molecular complexity index is 1260. The van der Waals surface area contributed by atoms with Gasteiger partial charge in [0.1, 0.15) is 5.82 Å². The minimum Gasteiger partial charge on any atom is -0.322 e. The molecule has 0 spiro atoms. The first-order valence-electron chi connectivity index (χ1n) is 11.1. The first kappa shape index (κ1) is 25.4. The van der Waals surface area contributed by atoms with Gasteiger partial charge in [0, 0.05) is 23.8 Å². The van der Waals surface area contributed by atoms with Crippen LogP contribution in [0.2, 0.25) is 0 Å². The highest BCUT2D eigenvalue weighted by Gasteiger charge is 2.20. The third-order valence-corrected chi connectivity index (χ3v) is 7.10. The van der Waals surface area contributed by atoms with Crippen molar-refractivity contribution in [3.63, 3.8) is 0 Å². The van der Waals surface area contributed by atoms with E-state index in [4.69, 9.17) is 0 Å². The molecular formula is C26H30FN3O3S. The fraction of sp³-hybridized carbons (Fsp3) is 0.269. The fourth-order valence-electron chi connectivity index (χ4n) is 3.57. The fourth-order valence-corrected chi connectivity index (χ4v) is 4.91. The summed E-state index contributed by atoms with van der Waals surface area (Å²) >= 11 is 0. The Hall–Kier alpha value is -3.23. The zero-order valence-electron chi connectivity index (χ0n) is 19.8. The highest BCUT2D eigenvalue weighted by molar-refractivity contribution is 7.92. The molecular weight excluding hydrogens is 453 g/mol. The Morgan fingerprint density at radius 3 is 2.32 bits per heavy atom. The van der Waals surface area contributed by atoms with E-state index in [9.17, 15) is 17.6 Å². The van der Waals surface area contributed by atoms with Crippen molar-refractivity contribution in [2.45, 2.75) is 45.2 Å².